The summed E-state index contributed by atoms with van der Waals surface area (Å²) in [5.74, 6) is -0.468. The number of esters is 1. The van der Waals surface area contributed by atoms with Crippen molar-refractivity contribution in [2.75, 3.05) is 19.1 Å². The number of benzene rings is 3. The lowest BCUT2D eigenvalue weighted by Gasteiger charge is -2.17. The number of rotatable bonds is 5. The first kappa shape index (κ1) is 20.8. The zero-order valence-electron chi connectivity index (χ0n) is 17.6. The van der Waals surface area contributed by atoms with Gasteiger partial charge < -0.3 is 9.64 Å². The molecule has 0 atom stereocenters. The zero-order chi connectivity index (χ0) is 22.0. The number of methoxy groups -OCH3 is 1. The number of aromatic nitrogens is 1. The van der Waals surface area contributed by atoms with Crippen molar-refractivity contribution in [1.29, 1.82) is 0 Å². The summed E-state index contributed by atoms with van der Waals surface area (Å²) in [4.78, 5) is 30.7. The highest BCUT2D eigenvalue weighted by Gasteiger charge is 2.16. The van der Waals surface area contributed by atoms with Gasteiger partial charge in [0.15, 0.2) is 0 Å². The van der Waals surface area contributed by atoms with Crippen molar-refractivity contribution in [3.63, 3.8) is 0 Å². The van der Waals surface area contributed by atoms with Crippen LogP contribution in [0, 0.1) is 6.92 Å². The third-order valence-corrected chi connectivity index (χ3v) is 6.23. The number of fused-ring (bicyclic) bond motifs is 1. The van der Waals surface area contributed by atoms with E-state index in [0.717, 1.165) is 20.8 Å². The Morgan fingerprint density at radius 2 is 1.74 bits per heavy atom. The van der Waals surface area contributed by atoms with Crippen LogP contribution in [0.2, 0.25) is 0 Å². The van der Waals surface area contributed by atoms with Crippen molar-refractivity contribution in [3.05, 3.63) is 82.9 Å². The highest BCUT2D eigenvalue weighted by molar-refractivity contribution is 7.18. The fourth-order valence-corrected chi connectivity index (χ4v) is 4.44. The lowest BCUT2D eigenvalue weighted by Crippen LogP contribution is -2.27. The Morgan fingerprint density at radius 3 is 2.42 bits per heavy atom. The number of carbonyl (C=O) groups excluding carboxylic acids is 2. The molecule has 6 heteroatoms. The lowest BCUT2D eigenvalue weighted by molar-refractivity contribution is -0.117. The smallest absolute Gasteiger partial charge is 0.337 e. The first-order valence-corrected chi connectivity index (χ1v) is 10.7. The molecule has 5 nitrogen and oxygen atoms in total. The van der Waals surface area contributed by atoms with Crippen molar-refractivity contribution in [3.8, 4) is 11.1 Å². The summed E-state index contributed by atoms with van der Waals surface area (Å²) < 4.78 is 5.78. The number of aryl methyl sites for hydroxylation is 1. The van der Waals surface area contributed by atoms with Crippen LogP contribution in [0.25, 0.3) is 21.3 Å². The molecule has 0 aliphatic heterocycles. The molecule has 0 aliphatic carbocycles. The first-order valence-electron chi connectivity index (χ1n) is 9.86. The van der Waals surface area contributed by atoms with Gasteiger partial charge in [-0.25, -0.2) is 9.78 Å². The number of ether oxygens (including phenoxy) is 1. The van der Waals surface area contributed by atoms with Gasteiger partial charge in [0.05, 0.1) is 29.3 Å². The lowest BCUT2D eigenvalue weighted by atomic mass is 10.0. The number of amides is 1. The number of thiazole rings is 1. The third kappa shape index (κ3) is 4.34. The third-order valence-electron chi connectivity index (χ3n) is 5.22. The van der Waals surface area contributed by atoms with E-state index in [9.17, 15) is 9.59 Å². The van der Waals surface area contributed by atoms with Crippen molar-refractivity contribution in [2.45, 2.75) is 13.3 Å². The van der Waals surface area contributed by atoms with Gasteiger partial charge in [-0.3, -0.25) is 4.79 Å². The average Bonchev–Trinajstić information content (AvgIpc) is 3.18. The maximum Gasteiger partial charge on any atom is 0.337 e. The fraction of sp³-hybridized carbons (Fsp3) is 0.160. The van der Waals surface area contributed by atoms with Gasteiger partial charge in [0.1, 0.15) is 5.01 Å². The standard InChI is InChI=1S/C25H22N2O3S/c1-16-13-21-22(14-20(16)17-7-5-4-6-8-17)31-23(26-21)15-24(28)27(2)19-11-9-18(10-12-19)25(29)30-3/h4-14H,15H2,1-3H3. The molecule has 3 aromatic carbocycles. The number of carbonyl (C=O) groups is 2. The van der Waals surface area contributed by atoms with Crippen LogP contribution in [0.1, 0.15) is 20.9 Å². The van der Waals surface area contributed by atoms with Crippen molar-refractivity contribution < 1.29 is 14.3 Å². The summed E-state index contributed by atoms with van der Waals surface area (Å²) >= 11 is 1.55. The Balaban J connectivity index is 1.54. The van der Waals surface area contributed by atoms with Gasteiger partial charge in [-0.15, -0.1) is 11.3 Å². The summed E-state index contributed by atoms with van der Waals surface area (Å²) in [5.41, 5.74) is 5.57. The molecule has 0 radical (unpaired) electrons. The Morgan fingerprint density at radius 1 is 1.03 bits per heavy atom. The number of hydrogen-bond acceptors (Lipinski definition) is 5. The van der Waals surface area contributed by atoms with E-state index in [2.05, 4.69) is 36.2 Å². The topological polar surface area (TPSA) is 59.5 Å². The maximum absolute atomic E-state index is 12.8. The van der Waals surface area contributed by atoms with Crippen LogP contribution < -0.4 is 4.90 Å². The molecule has 4 aromatic rings. The Labute approximate surface area is 184 Å². The molecule has 0 aliphatic rings. The maximum atomic E-state index is 12.8. The molecule has 31 heavy (non-hydrogen) atoms. The minimum Gasteiger partial charge on any atom is -0.465 e. The Hall–Kier alpha value is -3.51. The SMILES string of the molecule is COC(=O)c1ccc(N(C)C(=O)Cc2nc3cc(C)c(-c4ccccc4)cc3s2)cc1. The van der Waals surface area contributed by atoms with E-state index in [1.165, 1.54) is 18.2 Å². The van der Waals surface area contributed by atoms with E-state index in [4.69, 9.17) is 4.74 Å². The molecule has 0 N–H and O–H groups in total. The van der Waals surface area contributed by atoms with Gasteiger partial charge in [-0.1, -0.05) is 30.3 Å². The van der Waals surface area contributed by atoms with E-state index in [0.29, 0.717) is 11.3 Å². The van der Waals surface area contributed by atoms with Gasteiger partial charge in [0.2, 0.25) is 5.91 Å². The number of anilines is 1. The van der Waals surface area contributed by atoms with Crippen molar-refractivity contribution in [1.82, 2.24) is 4.98 Å². The van der Waals surface area contributed by atoms with Gasteiger partial charge >= 0.3 is 5.97 Å². The fourth-order valence-electron chi connectivity index (χ4n) is 3.46. The molecular weight excluding hydrogens is 408 g/mol. The quantitative estimate of drug-likeness (QED) is 0.405. The van der Waals surface area contributed by atoms with Crippen molar-refractivity contribution in [2.24, 2.45) is 0 Å². The summed E-state index contributed by atoms with van der Waals surface area (Å²) in [5, 5.41) is 0.780. The molecule has 0 fully saturated rings. The van der Waals surface area contributed by atoms with Crippen LogP contribution in [0.5, 0.6) is 0 Å². The Kier molecular flexibility index (Phi) is 5.82. The van der Waals surface area contributed by atoms with Gasteiger partial charge in [-0.2, -0.15) is 0 Å². The average molecular weight is 431 g/mol. The van der Waals surface area contributed by atoms with Crippen LogP contribution in [0.15, 0.2) is 66.7 Å². The number of nitrogens with zero attached hydrogens (tertiary/aromatic N) is 2. The molecule has 0 spiro atoms. The van der Waals surface area contributed by atoms with E-state index < -0.39 is 5.97 Å². The molecule has 0 unspecified atom stereocenters. The van der Waals surface area contributed by atoms with E-state index >= 15 is 0 Å². The second-order valence-electron chi connectivity index (χ2n) is 7.28. The molecule has 1 heterocycles. The van der Waals surface area contributed by atoms with Crippen LogP contribution in [0.4, 0.5) is 5.69 Å². The van der Waals surface area contributed by atoms with Crippen LogP contribution >= 0.6 is 11.3 Å². The monoisotopic (exact) mass is 430 g/mol. The highest BCUT2D eigenvalue weighted by atomic mass is 32.1. The predicted octanol–water partition coefficient (Wildman–Crippen LogP) is 5.26. The first-order chi connectivity index (χ1) is 15.0. The van der Waals surface area contributed by atoms with Crippen LogP contribution in [-0.4, -0.2) is 31.0 Å². The summed E-state index contributed by atoms with van der Waals surface area (Å²) in [6, 6.07) is 21.3. The number of likely N-dealkylation sites (N-methyl/N-ethyl adjacent to an activating group) is 1. The second kappa shape index (κ2) is 8.70. The molecule has 1 amide bonds. The summed E-state index contributed by atoms with van der Waals surface area (Å²) in [7, 11) is 3.06. The van der Waals surface area contributed by atoms with E-state index in [-0.39, 0.29) is 12.3 Å². The normalized spacial score (nSPS) is 10.8. The number of hydrogen-bond donors (Lipinski definition) is 0. The second-order valence-corrected chi connectivity index (χ2v) is 8.39. The molecule has 0 saturated heterocycles. The molecule has 0 saturated carbocycles. The largest absolute Gasteiger partial charge is 0.465 e. The van der Waals surface area contributed by atoms with Gasteiger partial charge in [-0.05, 0) is 60.0 Å². The van der Waals surface area contributed by atoms with E-state index in [1.54, 1.807) is 47.5 Å². The van der Waals surface area contributed by atoms with Gasteiger partial charge in [0.25, 0.3) is 0 Å². The molecule has 156 valence electrons. The molecule has 0 bridgehead atoms. The predicted molar refractivity (Wildman–Crippen MR) is 125 cm³/mol. The molecule has 4 rings (SSSR count). The minimum atomic E-state index is -0.403. The summed E-state index contributed by atoms with van der Waals surface area (Å²) in [6.07, 6.45) is 0.217. The Bertz CT molecular complexity index is 1250. The highest BCUT2D eigenvalue weighted by Crippen LogP contribution is 2.31. The minimum absolute atomic E-state index is 0.0649. The van der Waals surface area contributed by atoms with Crippen molar-refractivity contribution >= 4 is 39.1 Å². The van der Waals surface area contributed by atoms with E-state index in [1.807, 2.05) is 18.2 Å². The summed E-state index contributed by atoms with van der Waals surface area (Å²) in [6.45, 7) is 2.08. The van der Waals surface area contributed by atoms with Crippen LogP contribution in [-0.2, 0) is 16.0 Å². The zero-order valence-corrected chi connectivity index (χ0v) is 18.4. The van der Waals surface area contributed by atoms with Gasteiger partial charge in [0, 0.05) is 12.7 Å². The van der Waals surface area contributed by atoms with Crippen LogP contribution in [0.3, 0.4) is 0 Å². The molecule has 1 aromatic heterocycles. The molecular formula is C25H22N2O3S.